The summed E-state index contributed by atoms with van der Waals surface area (Å²) >= 11 is 5.79. The number of ether oxygens (including phenoxy) is 1. The third-order valence-corrected chi connectivity index (χ3v) is 3.11. The van der Waals surface area contributed by atoms with Crippen LogP contribution >= 0.6 is 11.6 Å². The summed E-state index contributed by atoms with van der Waals surface area (Å²) in [6, 6.07) is 7.35. The second kappa shape index (κ2) is 8.81. The highest BCUT2D eigenvalue weighted by atomic mass is 35.5. The Hall–Kier alpha value is -1.22. The van der Waals surface area contributed by atoms with Crippen molar-refractivity contribution in [1.29, 1.82) is 0 Å². The molecule has 0 N–H and O–H groups in total. The van der Waals surface area contributed by atoms with Crippen molar-refractivity contribution in [2.75, 3.05) is 20.2 Å². The van der Waals surface area contributed by atoms with Gasteiger partial charge in [0.05, 0.1) is 6.61 Å². The largest absolute Gasteiger partial charge is 0.494 e. The molecule has 0 saturated heterocycles. The predicted molar refractivity (Wildman–Crippen MR) is 78.7 cm³/mol. The van der Waals surface area contributed by atoms with Gasteiger partial charge >= 0.3 is 0 Å². The van der Waals surface area contributed by atoms with Crippen molar-refractivity contribution in [2.45, 2.75) is 32.6 Å². The number of amides is 1. The summed E-state index contributed by atoms with van der Waals surface area (Å²) in [5.41, 5.74) is 0. The van der Waals surface area contributed by atoms with Crippen LogP contribution in [0.5, 0.6) is 5.75 Å². The molecule has 0 unspecified atom stereocenters. The third-order valence-electron chi connectivity index (χ3n) is 2.86. The second-order valence-electron chi connectivity index (χ2n) is 4.57. The smallest absolute Gasteiger partial charge is 0.222 e. The Kier molecular flexibility index (Phi) is 7.34. The first-order valence-electron chi connectivity index (χ1n) is 6.75. The van der Waals surface area contributed by atoms with Crippen molar-refractivity contribution in [1.82, 2.24) is 4.90 Å². The fourth-order valence-corrected chi connectivity index (χ4v) is 1.83. The molecule has 0 aromatic heterocycles. The zero-order valence-corrected chi connectivity index (χ0v) is 12.4. The SMILES string of the molecule is CCCC(=O)N(C)CCCCOc1ccc(Cl)cc1. The van der Waals surface area contributed by atoms with Gasteiger partial charge in [0.15, 0.2) is 0 Å². The molecular weight excluding hydrogens is 262 g/mol. The van der Waals surface area contributed by atoms with E-state index in [0.717, 1.165) is 31.6 Å². The minimum Gasteiger partial charge on any atom is -0.494 e. The van der Waals surface area contributed by atoms with Crippen LogP contribution in [0.25, 0.3) is 0 Å². The van der Waals surface area contributed by atoms with Crippen LogP contribution in [0.1, 0.15) is 32.6 Å². The van der Waals surface area contributed by atoms with Gasteiger partial charge in [0, 0.05) is 25.0 Å². The molecule has 0 aliphatic heterocycles. The maximum absolute atomic E-state index is 11.5. The number of hydrogen-bond donors (Lipinski definition) is 0. The first kappa shape index (κ1) is 15.8. The Morgan fingerprint density at radius 2 is 1.95 bits per heavy atom. The summed E-state index contributed by atoms with van der Waals surface area (Å²) < 4.78 is 5.59. The van der Waals surface area contributed by atoms with E-state index in [9.17, 15) is 4.79 Å². The molecule has 4 heteroatoms. The van der Waals surface area contributed by atoms with Crippen molar-refractivity contribution in [3.8, 4) is 5.75 Å². The number of unbranched alkanes of at least 4 members (excludes halogenated alkanes) is 1. The Morgan fingerprint density at radius 1 is 1.26 bits per heavy atom. The van der Waals surface area contributed by atoms with E-state index in [-0.39, 0.29) is 5.91 Å². The van der Waals surface area contributed by atoms with E-state index in [2.05, 4.69) is 0 Å². The minimum atomic E-state index is 0.223. The monoisotopic (exact) mass is 283 g/mol. The molecule has 0 atom stereocenters. The highest BCUT2D eigenvalue weighted by Gasteiger charge is 2.06. The van der Waals surface area contributed by atoms with E-state index in [4.69, 9.17) is 16.3 Å². The molecule has 1 rings (SSSR count). The Bertz CT molecular complexity index is 378. The number of carbonyl (C=O) groups is 1. The van der Waals surface area contributed by atoms with Crippen LogP contribution in [0.15, 0.2) is 24.3 Å². The molecule has 3 nitrogen and oxygen atoms in total. The summed E-state index contributed by atoms with van der Waals surface area (Å²) in [6.45, 7) is 3.48. The van der Waals surface area contributed by atoms with Gasteiger partial charge in [0.25, 0.3) is 0 Å². The van der Waals surface area contributed by atoms with Crippen molar-refractivity contribution >= 4 is 17.5 Å². The van der Waals surface area contributed by atoms with Gasteiger partial charge in [-0.15, -0.1) is 0 Å². The van der Waals surface area contributed by atoms with Gasteiger partial charge in [-0.25, -0.2) is 0 Å². The number of hydrogen-bond acceptors (Lipinski definition) is 2. The topological polar surface area (TPSA) is 29.5 Å². The van der Waals surface area contributed by atoms with E-state index in [0.29, 0.717) is 18.1 Å². The molecule has 0 fully saturated rings. The van der Waals surface area contributed by atoms with Crippen LogP contribution < -0.4 is 4.74 Å². The summed E-state index contributed by atoms with van der Waals surface area (Å²) in [6.07, 6.45) is 3.44. The number of nitrogens with zero attached hydrogens (tertiary/aromatic N) is 1. The van der Waals surface area contributed by atoms with Gasteiger partial charge in [0.1, 0.15) is 5.75 Å². The lowest BCUT2D eigenvalue weighted by Crippen LogP contribution is -2.27. The summed E-state index contributed by atoms with van der Waals surface area (Å²) in [5, 5.41) is 0.711. The molecule has 0 radical (unpaired) electrons. The predicted octanol–water partition coefficient (Wildman–Crippen LogP) is 3.76. The summed E-state index contributed by atoms with van der Waals surface area (Å²) in [5.74, 6) is 1.06. The van der Waals surface area contributed by atoms with Crippen molar-refractivity contribution in [2.24, 2.45) is 0 Å². The van der Waals surface area contributed by atoms with E-state index < -0.39 is 0 Å². The average molecular weight is 284 g/mol. The molecular formula is C15H22ClNO2. The molecule has 106 valence electrons. The van der Waals surface area contributed by atoms with E-state index in [1.165, 1.54) is 0 Å². The molecule has 0 heterocycles. The van der Waals surface area contributed by atoms with Gasteiger partial charge in [-0.3, -0.25) is 4.79 Å². The summed E-state index contributed by atoms with van der Waals surface area (Å²) in [4.78, 5) is 13.3. The maximum atomic E-state index is 11.5. The van der Waals surface area contributed by atoms with Gasteiger partial charge in [-0.2, -0.15) is 0 Å². The van der Waals surface area contributed by atoms with Gasteiger partial charge in [-0.05, 0) is 43.5 Å². The lowest BCUT2D eigenvalue weighted by atomic mass is 10.2. The molecule has 0 spiro atoms. The number of halogens is 1. The van der Waals surface area contributed by atoms with Crippen molar-refractivity contribution in [3.63, 3.8) is 0 Å². The van der Waals surface area contributed by atoms with Gasteiger partial charge in [0.2, 0.25) is 5.91 Å². The number of rotatable bonds is 8. The number of carbonyl (C=O) groups excluding carboxylic acids is 1. The highest BCUT2D eigenvalue weighted by Crippen LogP contribution is 2.15. The molecule has 0 aliphatic carbocycles. The lowest BCUT2D eigenvalue weighted by molar-refractivity contribution is -0.130. The van der Waals surface area contributed by atoms with Crippen molar-refractivity contribution in [3.05, 3.63) is 29.3 Å². The molecule has 0 saturated carbocycles. The van der Waals surface area contributed by atoms with Crippen LogP contribution in [0, 0.1) is 0 Å². The molecule has 19 heavy (non-hydrogen) atoms. The van der Waals surface area contributed by atoms with E-state index in [1.54, 1.807) is 4.90 Å². The van der Waals surface area contributed by atoms with E-state index >= 15 is 0 Å². The first-order chi connectivity index (χ1) is 9.13. The lowest BCUT2D eigenvalue weighted by Gasteiger charge is -2.16. The highest BCUT2D eigenvalue weighted by molar-refractivity contribution is 6.30. The van der Waals surface area contributed by atoms with Crippen LogP contribution in [0.2, 0.25) is 5.02 Å². The maximum Gasteiger partial charge on any atom is 0.222 e. The molecule has 1 amide bonds. The second-order valence-corrected chi connectivity index (χ2v) is 5.01. The Labute approximate surface area is 120 Å². The molecule has 1 aromatic carbocycles. The molecule has 1 aromatic rings. The van der Waals surface area contributed by atoms with E-state index in [1.807, 2.05) is 38.2 Å². The van der Waals surface area contributed by atoms with Crippen LogP contribution in [0.4, 0.5) is 0 Å². The zero-order valence-electron chi connectivity index (χ0n) is 11.7. The fourth-order valence-electron chi connectivity index (χ4n) is 1.70. The third kappa shape index (κ3) is 6.48. The average Bonchev–Trinajstić information content (AvgIpc) is 2.40. The Balaban J connectivity index is 2.11. The van der Waals surface area contributed by atoms with Crippen LogP contribution in [-0.2, 0) is 4.79 Å². The van der Waals surface area contributed by atoms with Crippen LogP contribution in [0.3, 0.4) is 0 Å². The van der Waals surface area contributed by atoms with Crippen LogP contribution in [-0.4, -0.2) is 31.0 Å². The minimum absolute atomic E-state index is 0.223. The normalized spacial score (nSPS) is 10.3. The molecule has 0 aliphatic rings. The zero-order chi connectivity index (χ0) is 14.1. The first-order valence-corrected chi connectivity index (χ1v) is 7.13. The fraction of sp³-hybridized carbons (Fsp3) is 0.533. The molecule has 0 bridgehead atoms. The summed E-state index contributed by atoms with van der Waals surface area (Å²) in [7, 11) is 1.86. The Morgan fingerprint density at radius 3 is 2.58 bits per heavy atom. The van der Waals surface area contributed by atoms with Gasteiger partial charge in [-0.1, -0.05) is 18.5 Å². The standard InChI is InChI=1S/C15H22ClNO2/c1-3-6-15(18)17(2)11-4-5-12-19-14-9-7-13(16)8-10-14/h7-10H,3-6,11-12H2,1-2H3. The quantitative estimate of drug-likeness (QED) is 0.680. The van der Waals surface area contributed by atoms with Gasteiger partial charge < -0.3 is 9.64 Å². The number of benzene rings is 1. The van der Waals surface area contributed by atoms with Crippen molar-refractivity contribution < 1.29 is 9.53 Å².